The molecule has 7 nitrogen and oxygen atoms in total. The second kappa shape index (κ2) is 15.9. The number of ether oxygens (including phenoxy) is 1. The van der Waals surface area contributed by atoms with Crippen LogP contribution < -0.4 is 15.4 Å². The van der Waals surface area contributed by atoms with Crippen molar-refractivity contribution in [1.29, 1.82) is 0 Å². The molecule has 2 unspecified atom stereocenters. The fourth-order valence-electron chi connectivity index (χ4n) is 3.55. The van der Waals surface area contributed by atoms with E-state index in [9.17, 15) is 14.4 Å². The number of hydrogen-bond donors (Lipinski definition) is 2. The number of hydrogen-bond acceptors (Lipinski definition) is 6. The molecular weight excluding hydrogens is 476 g/mol. The van der Waals surface area contributed by atoms with Gasteiger partial charge in [0.15, 0.2) is 5.78 Å². The Kier molecular flexibility index (Phi) is 12.9. The zero-order valence-corrected chi connectivity index (χ0v) is 22.4. The van der Waals surface area contributed by atoms with E-state index in [0.29, 0.717) is 18.6 Å². The first kappa shape index (κ1) is 29.2. The zero-order chi connectivity index (χ0) is 26.3. The molecule has 2 rings (SSSR count). The van der Waals surface area contributed by atoms with E-state index in [4.69, 9.17) is 9.15 Å². The predicted octanol–water partition coefficient (Wildman–Crippen LogP) is 5.01. The first-order chi connectivity index (χ1) is 17.3. The first-order valence-electron chi connectivity index (χ1n) is 12.4. The van der Waals surface area contributed by atoms with Gasteiger partial charge in [-0.15, -0.1) is 11.8 Å². The summed E-state index contributed by atoms with van der Waals surface area (Å²) in [6.45, 7) is 6.03. The van der Waals surface area contributed by atoms with Crippen LogP contribution in [0.15, 0.2) is 53.2 Å². The Hall–Kier alpha value is -3.00. The molecule has 36 heavy (non-hydrogen) atoms. The largest absolute Gasteiger partial charge is 0.497 e. The van der Waals surface area contributed by atoms with Crippen LogP contribution in [-0.4, -0.2) is 42.5 Å². The normalized spacial score (nSPS) is 12.9. The molecule has 1 heterocycles. The summed E-state index contributed by atoms with van der Waals surface area (Å²) in [6, 6.07) is 9.69. The fourth-order valence-corrected chi connectivity index (χ4v) is 4.42. The molecule has 0 aliphatic heterocycles. The van der Waals surface area contributed by atoms with Gasteiger partial charge in [0.25, 0.3) is 0 Å². The number of thioether (sulfide) groups is 1. The zero-order valence-electron chi connectivity index (χ0n) is 21.6. The highest BCUT2D eigenvalue weighted by Gasteiger charge is 2.26. The van der Waals surface area contributed by atoms with E-state index >= 15 is 0 Å². The van der Waals surface area contributed by atoms with Gasteiger partial charge in [-0.25, -0.2) is 0 Å². The van der Waals surface area contributed by atoms with Crippen molar-refractivity contribution in [2.75, 3.05) is 12.9 Å². The summed E-state index contributed by atoms with van der Waals surface area (Å²) >= 11 is 1.46. The van der Waals surface area contributed by atoms with E-state index in [-0.39, 0.29) is 29.3 Å². The highest BCUT2D eigenvalue weighted by Crippen LogP contribution is 2.15. The minimum atomic E-state index is -0.731. The number of methoxy groups -OCH3 is 1. The van der Waals surface area contributed by atoms with E-state index in [1.165, 1.54) is 17.8 Å². The Morgan fingerprint density at radius 3 is 2.44 bits per heavy atom. The molecule has 2 aromatic rings. The van der Waals surface area contributed by atoms with Crippen molar-refractivity contribution in [3.05, 3.63) is 60.1 Å². The Morgan fingerprint density at radius 1 is 1.08 bits per heavy atom. The number of rotatable bonds is 16. The molecule has 0 saturated heterocycles. The molecule has 0 saturated carbocycles. The number of Topliss-reactive ketones (excluding diaryl/α,β-unsaturated/α-hetero) is 1. The smallest absolute Gasteiger partial charge is 0.244 e. The first-order valence-corrected chi connectivity index (χ1v) is 13.5. The highest BCUT2D eigenvalue weighted by atomic mass is 32.2. The van der Waals surface area contributed by atoms with Crippen molar-refractivity contribution in [2.24, 2.45) is 5.92 Å². The number of ketones is 1. The maximum atomic E-state index is 13.2. The number of carbonyl (C=O) groups is 3. The molecule has 0 fully saturated rings. The third-order valence-electron chi connectivity index (χ3n) is 5.50. The average Bonchev–Trinajstić information content (AvgIpc) is 3.38. The summed E-state index contributed by atoms with van der Waals surface area (Å²) in [7, 11) is 1.60. The van der Waals surface area contributed by atoms with Crippen LogP contribution in [0.4, 0.5) is 0 Å². The lowest BCUT2D eigenvalue weighted by molar-refractivity contribution is -0.130. The molecule has 1 aromatic heterocycles. The maximum absolute atomic E-state index is 13.2. The van der Waals surface area contributed by atoms with Crippen molar-refractivity contribution in [2.45, 2.75) is 64.3 Å². The number of nitrogens with one attached hydrogen (secondary N) is 2. The van der Waals surface area contributed by atoms with Gasteiger partial charge in [0, 0.05) is 6.08 Å². The van der Waals surface area contributed by atoms with Crippen LogP contribution in [-0.2, 0) is 20.1 Å². The number of carbonyl (C=O) groups excluding carboxylic acids is 3. The van der Waals surface area contributed by atoms with E-state index in [1.807, 2.05) is 57.2 Å². The van der Waals surface area contributed by atoms with Crippen LogP contribution in [0.25, 0.3) is 6.08 Å². The lowest BCUT2D eigenvalue weighted by atomic mass is 10.0. The second-order valence-corrected chi connectivity index (χ2v) is 10.0. The van der Waals surface area contributed by atoms with Gasteiger partial charge in [-0.1, -0.05) is 45.7 Å². The third kappa shape index (κ3) is 10.7. The van der Waals surface area contributed by atoms with Crippen LogP contribution in [0.3, 0.4) is 0 Å². The summed E-state index contributed by atoms with van der Waals surface area (Å²) in [6.07, 6.45) is 7.48. The van der Waals surface area contributed by atoms with E-state index in [0.717, 1.165) is 29.9 Å². The predicted molar refractivity (Wildman–Crippen MR) is 145 cm³/mol. The fraction of sp³-hybridized carbons (Fsp3) is 0.464. The summed E-state index contributed by atoms with van der Waals surface area (Å²) in [5.41, 5.74) is 0.841. The van der Waals surface area contributed by atoms with Gasteiger partial charge >= 0.3 is 0 Å². The van der Waals surface area contributed by atoms with Crippen LogP contribution in [0.1, 0.15) is 57.8 Å². The quantitative estimate of drug-likeness (QED) is 0.306. The molecule has 2 N–H and O–H groups in total. The number of amides is 2. The Labute approximate surface area is 218 Å². The number of unbranched alkanes of at least 4 members (excludes halogenated alkanes) is 1. The summed E-state index contributed by atoms with van der Waals surface area (Å²) in [5.74, 6) is 1.88. The van der Waals surface area contributed by atoms with Crippen LogP contribution >= 0.6 is 11.8 Å². The number of furan rings is 1. The Bertz CT molecular complexity index is 970. The maximum Gasteiger partial charge on any atom is 0.244 e. The van der Waals surface area contributed by atoms with Crippen molar-refractivity contribution in [3.63, 3.8) is 0 Å². The molecule has 0 aliphatic carbocycles. The molecule has 196 valence electrons. The molecule has 2 amide bonds. The topological polar surface area (TPSA) is 97.6 Å². The third-order valence-corrected chi connectivity index (χ3v) is 6.48. The summed E-state index contributed by atoms with van der Waals surface area (Å²) < 4.78 is 10.5. The van der Waals surface area contributed by atoms with Gasteiger partial charge in [-0.3, -0.25) is 14.4 Å². The lowest BCUT2D eigenvalue weighted by Gasteiger charge is -2.23. The van der Waals surface area contributed by atoms with Crippen molar-refractivity contribution < 1.29 is 23.5 Å². The van der Waals surface area contributed by atoms with Gasteiger partial charge in [0.1, 0.15) is 17.6 Å². The number of benzene rings is 1. The average molecular weight is 515 g/mol. The van der Waals surface area contributed by atoms with Gasteiger partial charge in [0.05, 0.1) is 30.9 Å². The van der Waals surface area contributed by atoms with Crippen molar-refractivity contribution >= 4 is 35.4 Å². The molecule has 0 radical (unpaired) electrons. The molecule has 2 atom stereocenters. The SMILES string of the molecule is CCCCC(NC(=O)C(CC(C)C)NC(=O)C=Cc1ccc(OC)cc1)C(=O)CSCc1ccco1. The van der Waals surface area contributed by atoms with Crippen LogP contribution in [0.2, 0.25) is 0 Å². The van der Waals surface area contributed by atoms with Gasteiger partial charge in [-0.05, 0) is 54.7 Å². The van der Waals surface area contributed by atoms with E-state index in [1.54, 1.807) is 19.4 Å². The molecular formula is C28H38N2O5S. The van der Waals surface area contributed by atoms with Gasteiger partial charge in [-0.2, -0.15) is 0 Å². The summed E-state index contributed by atoms with van der Waals surface area (Å²) in [5, 5.41) is 5.73. The van der Waals surface area contributed by atoms with Crippen molar-refractivity contribution in [1.82, 2.24) is 10.6 Å². The molecule has 0 spiro atoms. The van der Waals surface area contributed by atoms with E-state index in [2.05, 4.69) is 10.6 Å². The second-order valence-electron chi connectivity index (χ2n) is 9.04. The van der Waals surface area contributed by atoms with Crippen LogP contribution in [0.5, 0.6) is 5.75 Å². The van der Waals surface area contributed by atoms with Crippen LogP contribution in [0, 0.1) is 5.92 Å². The molecule has 8 heteroatoms. The molecule has 0 bridgehead atoms. The monoisotopic (exact) mass is 514 g/mol. The van der Waals surface area contributed by atoms with E-state index < -0.39 is 12.1 Å². The van der Waals surface area contributed by atoms with Gasteiger partial charge < -0.3 is 19.8 Å². The Morgan fingerprint density at radius 2 is 1.83 bits per heavy atom. The molecule has 0 aliphatic rings. The Balaban J connectivity index is 1.98. The summed E-state index contributed by atoms with van der Waals surface area (Å²) in [4.78, 5) is 38.7. The van der Waals surface area contributed by atoms with Crippen molar-refractivity contribution in [3.8, 4) is 5.75 Å². The minimum absolute atomic E-state index is 0.0256. The molecule has 1 aromatic carbocycles. The lowest BCUT2D eigenvalue weighted by Crippen LogP contribution is -2.52. The van der Waals surface area contributed by atoms with Gasteiger partial charge in [0.2, 0.25) is 11.8 Å². The minimum Gasteiger partial charge on any atom is -0.497 e. The highest BCUT2D eigenvalue weighted by molar-refractivity contribution is 7.99. The standard InChI is InChI=1S/C28H38N2O5S/c1-5-6-9-24(26(31)19-36-18-23-8-7-16-35-23)30-28(33)25(17-20(2)3)29-27(32)15-12-21-10-13-22(34-4)14-11-21/h7-8,10-16,20,24-25H,5-6,9,17-19H2,1-4H3,(H,29,32)(H,30,33).